The molecule has 1 aliphatic rings. The van der Waals surface area contributed by atoms with E-state index in [1.54, 1.807) is 12.1 Å². The Balaban J connectivity index is 2.10. The summed E-state index contributed by atoms with van der Waals surface area (Å²) in [6.07, 6.45) is 0. The fourth-order valence-corrected chi connectivity index (χ4v) is 2.40. The van der Waals surface area contributed by atoms with Crippen molar-refractivity contribution >= 4 is 17.3 Å². The van der Waals surface area contributed by atoms with Crippen LogP contribution in [-0.2, 0) is 9.53 Å². The van der Waals surface area contributed by atoms with Crippen molar-refractivity contribution in [3.05, 3.63) is 33.9 Å². The molecule has 1 aliphatic heterocycles. The van der Waals surface area contributed by atoms with E-state index >= 15 is 0 Å². The highest BCUT2D eigenvalue weighted by molar-refractivity contribution is 5.71. The van der Waals surface area contributed by atoms with Crippen molar-refractivity contribution in [1.29, 1.82) is 5.26 Å². The molecule has 0 atom stereocenters. The topological polar surface area (TPSA) is 99.7 Å². The molecule has 8 nitrogen and oxygen atoms in total. The first kappa shape index (κ1) is 15.7. The van der Waals surface area contributed by atoms with Crippen molar-refractivity contribution in [1.82, 2.24) is 4.90 Å². The third-order valence-corrected chi connectivity index (χ3v) is 3.59. The number of anilines is 1. The zero-order valence-electron chi connectivity index (χ0n) is 12.2. The van der Waals surface area contributed by atoms with Crippen LogP contribution in [0.4, 0.5) is 11.4 Å². The Morgan fingerprint density at radius 1 is 1.41 bits per heavy atom. The lowest BCUT2D eigenvalue weighted by Crippen LogP contribution is -2.48. The van der Waals surface area contributed by atoms with Crippen molar-refractivity contribution in [3.8, 4) is 6.07 Å². The molecule has 1 aromatic rings. The Labute approximate surface area is 127 Å². The number of nitro benzene ring substituents is 1. The molecule has 0 spiro atoms. The number of hydrogen-bond acceptors (Lipinski definition) is 7. The predicted octanol–water partition coefficient (Wildman–Crippen LogP) is 0.761. The summed E-state index contributed by atoms with van der Waals surface area (Å²) in [6, 6.07) is 6.37. The third-order valence-electron chi connectivity index (χ3n) is 3.59. The average Bonchev–Trinajstić information content (AvgIpc) is 2.54. The first-order valence-electron chi connectivity index (χ1n) is 6.78. The van der Waals surface area contributed by atoms with E-state index in [0.29, 0.717) is 31.9 Å². The molecule has 1 aromatic carbocycles. The number of esters is 1. The van der Waals surface area contributed by atoms with Crippen LogP contribution in [0.2, 0.25) is 0 Å². The number of hydrogen-bond donors (Lipinski definition) is 0. The number of methoxy groups -OCH3 is 1. The van der Waals surface area contributed by atoms with E-state index in [1.807, 2.05) is 15.9 Å². The first-order valence-corrected chi connectivity index (χ1v) is 6.78. The molecule has 0 aliphatic carbocycles. The number of nitro groups is 1. The third kappa shape index (κ3) is 3.51. The molecule has 0 radical (unpaired) electrons. The summed E-state index contributed by atoms with van der Waals surface area (Å²) in [5.74, 6) is -0.294. The van der Waals surface area contributed by atoms with Crippen LogP contribution in [0.15, 0.2) is 18.2 Å². The van der Waals surface area contributed by atoms with E-state index in [4.69, 9.17) is 5.26 Å². The second-order valence-corrected chi connectivity index (χ2v) is 4.91. The van der Waals surface area contributed by atoms with Gasteiger partial charge < -0.3 is 9.64 Å². The molecule has 0 saturated carbocycles. The Hall–Kier alpha value is -2.66. The van der Waals surface area contributed by atoms with Gasteiger partial charge in [0, 0.05) is 32.2 Å². The van der Waals surface area contributed by atoms with Crippen LogP contribution in [0.1, 0.15) is 5.56 Å². The lowest BCUT2D eigenvalue weighted by molar-refractivity contribution is -0.384. The fraction of sp³-hybridized carbons (Fsp3) is 0.429. The first-order chi connectivity index (χ1) is 10.5. The van der Waals surface area contributed by atoms with Crippen LogP contribution in [0.25, 0.3) is 0 Å². The summed E-state index contributed by atoms with van der Waals surface area (Å²) in [6.45, 7) is 2.60. The summed E-state index contributed by atoms with van der Waals surface area (Å²) < 4.78 is 4.63. The van der Waals surface area contributed by atoms with Crippen molar-refractivity contribution in [2.75, 3.05) is 44.7 Å². The van der Waals surface area contributed by atoms with Gasteiger partial charge in [-0.05, 0) is 12.1 Å². The molecule has 0 aromatic heterocycles. The summed E-state index contributed by atoms with van der Waals surface area (Å²) in [5, 5.41) is 20.0. The molecule has 2 rings (SSSR count). The fourth-order valence-electron chi connectivity index (χ4n) is 2.40. The monoisotopic (exact) mass is 304 g/mol. The van der Waals surface area contributed by atoms with Crippen molar-refractivity contribution in [2.24, 2.45) is 0 Å². The van der Waals surface area contributed by atoms with Crippen molar-refractivity contribution in [3.63, 3.8) is 0 Å². The van der Waals surface area contributed by atoms with E-state index < -0.39 is 4.92 Å². The maximum atomic E-state index is 11.2. The standard InChI is InChI=1S/C14H16N4O4/c1-22-14(19)10-16-4-6-17(7-5-16)12-3-2-11(9-15)8-13(12)18(20)21/h2-3,8H,4-7,10H2,1H3. The van der Waals surface area contributed by atoms with E-state index in [1.165, 1.54) is 13.2 Å². The van der Waals surface area contributed by atoms with Gasteiger partial charge in [0.25, 0.3) is 5.69 Å². The van der Waals surface area contributed by atoms with Gasteiger partial charge in [-0.3, -0.25) is 19.8 Å². The Morgan fingerprint density at radius 2 is 2.09 bits per heavy atom. The van der Waals surface area contributed by atoms with Gasteiger partial charge in [-0.2, -0.15) is 5.26 Å². The van der Waals surface area contributed by atoms with Crippen LogP contribution in [-0.4, -0.2) is 55.6 Å². The summed E-state index contributed by atoms with van der Waals surface area (Å²) in [4.78, 5) is 25.8. The highest BCUT2D eigenvalue weighted by Crippen LogP contribution is 2.29. The van der Waals surface area contributed by atoms with Gasteiger partial charge in [0.15, 0.2) is 0 Å². The van der Waals surface area contributed by atoms with Crippen LogP contribution < -0.4 is 4.90 Å². The highest BCUT2D eigenvalue weighted by atomic mass is 16.6. The minimum atomic E-state index is -0.475. The van der Waals surface area contributed by atoms with Gasteiger partial charge in [0.05, 0.1) is 30.2 Å². The van der Waals surface area contributed by atoms with Crippen molar-refractivity contribution in [2.45, 2.75) is 0 Å². The Morgan fingerprint density at radius 3 is 2.64 bits per heavy atom. The second kappa shape index (κ2) is 6.87. The van der Waals surface area contributed by atoms with Gasteiger partial charge in [-0.1, -0.05) is 0 Å². The highest BCUT2D eigenvalue weighted by Gasteiger charge is 2.25. The number of carbonyl (C=O) groups is 1. The zero-order chi connectivity index (χ0) is 16.1. The zero-order valence-corrected chi connectivity index (χ0v) is 12.2. The maximum absolute atomic E-state index is 11.2. The number of piperazine rings is 1. The van der Waals surface area contributed by atoms with Gasteiger partial charge in [-0.15, -0.1) is 0 Å². The number of carbonyl (C=O) groups excluding carboxylic acids is 1. The molecule has 0 amide bonds. The van der Waals surface area contributed by atoms with Crippen LogP contribution >= 0.6 is 0 Å². The lowest BCUT2D eigenvalue weighted by atomic mass is 10.1. The summed E-state index contributed by atoms with van der Waals surface area (Å²) in [5.41, 5.74) is 0.696. The van der Waals surface area contributed by atoms with Crippen molar-refractivity contribution < 1.29 is 14.5 Å². The average molecular weight is 304 g/mol. The number of rotatable bonds is 4. The van der Waals surface area contributed by atoms with E-state index in [-0.39, 0.29) is 23.8 Å². The Kier molecular flexibility index (Phi) is 4.91. The molecule has 22 heavy (non-hydrogen) atoms. The van der Waals surface area contributed by atoms with Gasteiger partial charge >= 0.3 is 5.97 Å². The van der Waals surface area contributed by atoms with E-state index in [0.717, 1.165) is 0 Å². The maximum Gasteiger partial charge on any atom is 0.319 e. The quantitative estimate of drug-likeness (QED) is 0.460. The smallest absolute Gasteiger partial charge is 0.319 e. The summed E-state index contributed by atoms with van der Waals surface area (Å²) >= 11 is 0. The molecule has 0 unspecified atom stereocenters. The molecule has 1 heterocycles. The molecule has 8 heteroatoms. The van der Waals surface area contributed by atoms with Crippen LogP contribution in [0.5, 0.6) is 0 Å². The molecule has 0 bridgehead atoms. The molecular weight excluding hydrogens is 288 g/mol. The minimum Gasteiger partial charge on any atom is -0.468 e. The number of nitrogens with zero attached hydrogens (tertiary/aromatic N) is 4. The van der Waals surface area contributed by atoms with Crippen LogP contribution in [0.3, 0.4) is 0 Å². The van der Waals surface area contributed by atoms with Gasteiger partial charge in [-0.25, -0.2) is 0 Å². The second-order valence-electron chi connectivity index (χ2n) is 4.91. The van der Waals surface area contributed by atoms with E-state index in [9.17, 15) is 14.9 Å². The molecular formula is C14H16N4O4. The Bertz CT molecular complexity index is 618. The summed E-state index contributed by atoms with van der Waals surface area (Å²) in [7, 11) is 1.35. The van der Waals surface area contributed by atoms with Gasteiger partial charge in [0.2, 0.25) is 0 Å². The SMILES string of the molecule is COC(=O)CN1CCN(c2ccc(C#N)cc2[N+](=O)[O-])CC1. The molecule has 116 valence electrons. The molecule has 1 fully saturated rings. The molecule has 0 N–H and O–H groups in total. The van der Waals surface area contributed by atoms with Gasteiger partial charge in [0.1, 0.15) is 5.69 Å². The number of ether oxygens (including phenoxy) is 1. The number of benzene rings is 1. The normalized spacial score (nSPS) is 15.2. The largest absolute Gasteiger partial charge is 0.468 e. The van der Waals surface area contributed by atoms with Crippen LogP contribution in [0, 0.1) is 21.4 Å². The number of nitriles is 1. The molecule has 1 saturated heterocycles. The van der Waals surface area contributed by atoms with E-state index in [2.05, 4.69) is 4.74 Å². The lowest BCUT2D eigenvalue weighted by Gasteiger charge is -2.35. The predicted molar refractivity (Wildman–Crippen MR) is 78.5 cm³/mol. The minimum absolute atomic E-state index is 0.0690.